The molecule has 0 bridgehead atoms. The number of aliphatic hydroxyl groups is 1. The molecule has 488 valence electrons. The number of carboxylic acids is 1. The molecule has 0 fully saturated rings. The van der Waals surface area contributed by atoms with Crippen molar-refractivity contribution in [1.82, 2.24) is 42.5 Å². The molecule has 0 radical (unpaired) electrons. The van der Waals surface area contributed by atoms with Crippen LogP contribution in [-0.2, 0) is 73.6 Å². The third-order valence-electron chi connectivity index (χ3n) is 14.5. The van der Waals surface area contributed by atoms with Crippen molar-refractivity contribution in [2.24, 2.45) is 39.8 Å². The second-order valence-electron chi connectivity index (χ2n) is 22.0. The number of carboxylic acid groups (broad SMARTS) is 1. The summed E-state index contributed by atoms with van der Waals surface area (Å²) < 4.78 is 0. The zero-order chi connectivity index (χ0) is 66.8. The maximum Gasteiger partial charge on any atom is 0.326 e. The number of rotatable bonds is 36. The van der Waals surface area contributed by atoms with Crippen molar-refractivity contribution in [3.8, 4) is 23.0 Å². The number of aliphatic hydroxyl groups excluding tert-OH is 1. The number of phenols is 4. The van der Waals surface area contributed by atoms with Gasteiger partial charge in [-0.2, -0.15) is 0 Å². The molecule has 0 heterocycles. The van der Waals surface area contributed by atoms with Crippen molar-refractivity contribution in [2.75, 3.05) is 13.2 Å². The largest absolute Gasteiger partial charge is 0.508 e. The number of nitrogens with zero attached hydrogens (tertiary/aromatic N) is 1. The van der Waals surface area contributed by atoms with Crippen LogP contribution in [0.3, 0.4) is 0 Å². The van der Waals surface area contributed by atoms with Crippen molar-refractivity contribution in [3.63, 3.8) is 0 Å². The number of amides is 9. The average molecular weight is 1250 g/mol. The predicted molar refractivity (Wildman–Crippen MR) is 328 cm³/mol. The van der Waals surface area contributed by atoms with Gasteiger partial charge in [0.1, 0.15) is 71.3 Å². The lowest BCUT2D eigenvalue weighted by Gasteiger charge is -2.29. The van der Waals surface area contributed by atoms with Crippen LogP contribution in [0.5, 0.6) is 23.0 Å². The van der Waals surface area contributed by atoms with Gasteiger partial charge in [-0.05, 0) is 102 Å². The molecule has 0 aliphatic carbocycles. The Kier molecular flexibility index (Phi) is 28.7. The van der Waals surface area contributed by atoms with Gasteiger partial charge in [0.2, 0.25) is 53.2 Å². The highest BCUT2D eigenvalue weighted by atomic mass is 16.4. The molecule has 0 saturated heterocycles. The third kappa shape index (κ3) is 24.3. The number of carbonyl (C=O) groups is 10. The minimum atomic E-state index is -1.70. The first-order chi connectivity index (χ1) is 42.6. The Balaban J connectivity index is 1.68. The highest BCUT2D eigenvalue weighted by Gasteiger charge is 2.37. The third-order valence-corrected chi connectivity index (χ3v) is 14.5. The Hall–Kier alpha value is -10.0. The number of aromatic hydroxyl groups is 4. The number of phenolic OH excluding ortho intramolecular Hbond substituents is 4. The SMILES string of the molecule is CC[C@H](C)[C@H](NC(=O)[C@H](CO)NC(=O)[C@H](Cc1ccc(O)cc1)NC(=O)[C@@H](NC(=O)[C@H](CCC(N)=O)NC(=O)[C@H](Cc1ccc(O)cc1)NC(=O)[C@H](Cc1ccc(O)cc1)NC(=O)[C@H](Cc1ccc(O)cc1)NC(=O)[C@@H](N)CCCN=C(N)N)C(C)C)C(=O)O. The van der Waals surface area contributed by atoms with Gasteiger partial charge >= 0.3 is 5.97 Å². The first-order valence-electron chi connectivity index (χ1n) is 29.0. The number of aliphatic imine (C=N–C) groups is 1. The number of hydrogen-bond donors (Lipinski definition) is 18. The van der Waals surface area contributed by atoms with E-state index in [2.05, 4.69) is 47.5 Å². The fraction of sp³-hybridized carbons (Fsp3) is 0.426. The van der Waals surface area contributed by atoms with Gasteiger partial charge < -0.3 is 96.1 Å². The monoisotopic (exact) mass is 1250 g/mol. The number of primary amides is 1. The van der Waals surface area contributed by atoms with E-state index in [1.54, 1.807) is 13.8 Å². The van der Waals surface area contributed by atoms with E-state index in [0.717, 1.165) is 0 Å². The summed E-state index contributed by atoms with van der Waals surface area (Å²) in [5, 5.41) is 80.5. The van der Waals surface area contributed by atoms with Gasteiger partial charge in [0.05, 0.1) is 12.6 Å². The number of nitrogens with one attached hydrogen (secondary N) is 8. The molecule has 4 aromatic rings. The summed E-state index contributed by atoms with van der Waals surface area (Å²) in [4.78, 5) is 142. The van der Waals surface area contributed by atoms with Gasteiger partial charge in [0, 0.05) is 38.6 Å². The molecule has 9 amide bonds. The Morgan fingerprint density at radius 1 is 0.444 bits per heavy atom. The van der Waals surface area contributed by atoms with Crippen molar-refractivity contribution in [2.45, 2.75) is 140 Å². The Labute approximate surface area is 519 Å². The lowest BCUT2D eigenvalue weighted by molar-refractivity contribution is -0.144. The fourth-order valence-electron chi connectivity index (χ4n) is 9.06. The van der Waals surface area contributed by atoms with Gasteiger partial charge in [-0.25, -0.2) is 4.79 Å². The zero-order valence-corrected chi connectivity index (χ0v) is 50.4. The van der Waals surface area contributed by atoms with Crippen molar-refractivity contribution in [3.05, 3.63) is 119 Å². The first-order valence-corrected chi connectivity index (χ1v) is 29.0. The molecule has 0 aromatic heterocycles. The Bertz CT molecular complexity index is 3110. The number of benzene rings is 4. The summed E-state index contributed by atoms with van der Waals surface area (Å²) in [6.45, 7) is 5.52. The average Bonchev–Trinajstić information content (AvgIpc) is 2.90. The van der Waals surface area contributed by atoms with E-state index in [9.17, 15) is 78.6 Å². The lowest BCUT2D eigenvalue weighted by atomic mass is 9.98. The summed E-state index contributed by atoms with van der Waals surface area (Å²) in [5.41, 5.74) is 24.2. The molecule has 10 atom stereocenters. The molecular formula is C61H83N13O16. The Morgan fingerprint density at radius 3 is 1.10 bits per heavy atom. The predicted octanol–water partition coefficient (Wildman–Crippen LogP) is -1.92. The second kappa shape index (κ2) is 35.7. The maximum absolute atomic E-state index is 14.8. The van der Waals surface area contributed by atoms with E-state index in [4.69, 9.17) is 22.9 Å². The maximum atomic E-state index is 14.8. The molecule has 0 saturated carbocycles. The minimum absolute atomic E-state index is 0.0840. The number of hydrogen-bond acceptors (Lipinski definition) is 17. The van der Waals surface area contributed by atoms with E-state index in [1.165, 1.54) is 111 Å². The van der Waals surface area contributed by atoms with Crippen molar-refractivity contribution in [1.29, 1.82) is 0 Å². The normalized spacial score (nSPS) is 14.4. The van der Waals surface area contributed by atoms with Gasteiger partial charge in [-0.15, -0.1) is 0 Å². The first kappa shape index (κ1) is 72.4. The molecule has 4 rings (SSSR count). The second-order valence-corrected chi connectivity index (χ2v) is 22.0. The van der Waals surface area contributed by atoms with Crippen LogP contribution in [0.4, 0.5) is 0 Å². The van der Waals surface area contributed by atoms with Crippen LogP contribution in [-0.4, -0.2) is 163 Å². The zero-order valence-electron chi connectivity index (χ0n) is 50.4. The van der Waals surface area contributed by atoms with Crippen LogP contribution in [0.2, 0.25) is 0 Å². The van der Waals surface area contributed by atoms with Crippen LogP contribution < -0.4 is 65.5 Å². The molecule has 29 nitrogen and oxygen atoms in total. The van der Waals surface area contributed by atoms with Crippen molar-refractivity contribution < 1.29 is 78.6 Å². The molecule has 90 heavy (non-hydrogen) atoms. The van der Waals surface area contributed by atoms with Gasteiger partial charge in [-0.1, -0.05) is 82.6 Å². The summed E-state index contributed by atoms with van der Waals surface area (Å²) in [5.74, 6) is -12.0. The number of carbonyl (C=O) groups excluding carboxylic acids is 9. The molecule has 0 spiro atoms. The molecule has 22 N–H and O–H groups in total. The highest BCUT2D eigenvalue weighted by Crippen LogP contribution is 2.18. The van der Waals surface area contributed by atoms with Crippen LogP contribution in [0, 0.1) is 11.8 Å². The van der Waals surface area contributed by atoms with Gasteiger partial charge in [-0.3, -0.25) is 48.1 Å². The van der Waals surface area contributed by atoms with Crippen molar-refractivity contribution >= 4 is 65.1 Å². The molecule has 4 aromatic carbocycles. The summed E-state index contributed by atoms with van der Waals surface area (Å²) in [6, 6.07) is 8.76. The number of nitrogens with two attached hydrogens (primary N) is 4. The van der Waals surface area contributed by atoms with Gasteiger partial charge in [0.15, 0.2) is 5.96 Å². The molecule has 0 aliphatic heterocycles. The smallest absolute Gasteiger partial charge is 0.326 e. The van der Waals surface area contributed by atoms with Crippen LogP contribution in [0.15, 0.2) is 102 Å². The molecular weight excluding hydrogens is 1170 g/mol. The minimum Gasteiger partial charge on any atom is -0.508 e. The number of guanidine groups is 1. The van der Waals surface area contributed by atoms with E-state index >= 15 is 0 Å². The fourth-order valence-corrected chi connectivity index (χ4v) is 9.06. The quantitative estimate of drug-likeness (QED) is 0.0134. The Morgan fingerprint density at radius 2 is 0.767 bits per heavy atom. The molecule has 0 unspecified atom stereocenters. The number of aliphatic carboxylic acids is 1. The van der Waals surface area contributed by atoms with Crippen LogP contribution in [0.25, 0.3) is 0 Å². The summed E-state index contributed by atoms with van der Waals surface area (Å²) in [7, 11) is 0. The summed E-state index contributed by atoms with van der Waals surface area (Å²) >= 11 is 0. The van der Waals surface area contributed by atoms with Gasteiger partial charge in [0.25, 0.3) is 0 Å². The van der Waals surface area contributed by atoms with Crippen LogP contribution in [0.1, 0.15) is 82.1 Å². The van der Waals surface area contributed by atoms with E-state index < -0.39 is 145 Å². The van der Waals surface area contributed by atoms with Crippen LogP contribution >= 0.6 is 0 Å². The van der Waals surface area contributed by atoms with E-state index in [1.807, 2.05) is 0 Å². The molecule has 0 aliphatic rings. The topological polar surface area (TPSA) is 505 Å². The van der Waals surface area contributed by atoms with E-state index in [-0.39, 0.29) is 67.6 Å². The van der Waals surface area contributed by atoms with E-state index in [0.29, 0.717) is 35.1 Å². The standard InChI is InChI=1S/C61H83N13O16/c1-5-33(4)51(60(89)90)74-58(87)48(31-75)72-57(86)47(30-37-14-22-41(79)23-15-37)71-59(88)50(32(2)3)73-53(82)43(24-25-49(63)80)67-54(83)45(28-35-10-18-39(77)19-11-35)69-56(85)46(29-36-12-20-40(78)21-13-36)70-55(84)44(27-34-8-16-38(76)17-9-34)68-52(81)42(62)7-6-26-66-61(64)65/h8-23,32-33,42-48,50-51,75-79H,5-7,24-31,62H2,1-4H3,(H2,63,80)(H,67,83)(H,68,81)(H,69,85)(H,70,84)(H,71,88)(H,72,86)(H,73,82)(H,74,87)(H,89,90)(H4,64,65,66)/t33-,42-,43-,44-,45-,46-,47-,48-,50-,51-/m0/s1. The highest BCUT2D eigenvalue weighted by molar-refractivity contribution is 5.98. The summed E-state index contributed by atoms with van der Waals surface area (Å²) in [6.07, 6.45) is -1.30. The molecule has 29 heteroatoms. The lowest BCUT2D eigenvalue weighted by Crippen LogP contribution is -2.62.